The highest BCUT2D eigenvalue weighted by Crippen LogP contribution is 2.05. The average Bonchev–Trinajstić information content (AvgIpc) is 2.65. The summed E-state index contributed by atoms with van der Waals surface area (Å²) >= 11 is 2.92. The number of amides is 4. The normalized spacial score (nSPS) is 13.6. The molecule has 0 fully saturated rings. The topological polar surface area (TPSA) is 194 Å². The van der Waals surface area contributed by atoms with E-state index in [1.54, 1.807) is 0 Å². The minimum Gasteiger partial charge on any atom is -0.480 e. The van der Waals surface area contributed by atoms with E-state index in [2.05, 4.69) is 16.0 Å². The number of hydrogen-bond donors (Lipinski definition) is 6. The molecule has 0 rings (SSSR count). The number of thioether (sulfide) groups is 2. The van der Waals surface area contributed by atoms with Crippen LogP contribution in [0.15, 0.2) is 0 Å². The van der Waals surface area contributed by atoms with E-state index < -0.39 is 54.3 Å². The lowest BCUT2D eigenvalue weighted by Crippen LogP contribution is -2.56. The summed E-state index contributed by atoms with van der Waals surface area (Å²) in [5.74, 6) is -2.79. The van der Waals surface area contributed by atoms with Gasteiger partial charge >= 0.3 is 5.97 Å². The fourth-order valence-corrected chi connectivity index (χ4v) is 3.10. The number of aliphatic carboxylic acids is 1. The maximum absolute atomic E-state index is 12.7. The van der Waals surface area contributed by atoms with Crippen molar-refractivity contribution in [3.63, 3.8) is 0 Å². The molecule has 0 spiro atoms. The Hall–Kier alpha value is -1.99. The lowest BCUT2D eigenvalue weighted by Gasteiger charge is -2.23. The molecule has 8 N–H and O–H groups in total. The Bertz CT molecular complexity index is 592. The molecule has 0 saturated carbocycles. The first-order valence-corrected chi connectivity index (χ1v) is 11.5. The molecular weight excluding hydrogens is 422 g/mol. The Kier molecular flexibility index (Phi) is 13.9. The van der Waals surface area contributed by atoms with Crippen molar-refractivity contribution in [1.82, 2.24) is 16.0 Å². The zero-order valence-electron chi connectivity index (χ0n) is 16.4. The van der Waals surface area contributed by atoms with E-state index in [-0.39, 0.29) is 19.3 Å². The maximum atomic E-state index is 12.7. The van der Waals surface area contributed by atoms with E-state index in [1.807, 2.05) is 12.5 Å². The number of rotatable bonds is 15. The van der Waals surface area contributed by atoms with Gasteiger partial charge in [0.05, 0.1) is 12.5 Å². The standard InChI is InChI=1S/C16H29N5O6S2/c1-28-5-3-10(15(26)19-8-13(23)24)21-16(27)11(4-6-29-2)20-14(25)9(17)7-12(18)22/h9-11H,3-8,17H2,1-2H3,(H2,18,22)(H,19,26)(H,20,25)(H,21,27)(H,23,24). The monoisotopic (exact) mass is 451 g/mol. The largest absolute Gasteiger partial charge is 0.480 e. The average molecular weight is 452 g/mol. The van der Waals surface area contributed by atoms with Crippen LogP contribution in [0, 0.1) is 0 Å². The van der Waals surface area contributed by atoms with Crippen LogP contribution >= 0.6 is 23.5 Å². The second kappa shape index (κ2) is 14.9. The molecule has 29 heavy (non-hydrogen) atoms. The number of carboxylic acid groups (broad SMARTS) is 1. The van der Waals surface area contributed by atoms with Crippen molar-refractivity contribution in [1.29, 1.82) is 0 Å². The molecule has 11 nitrogen and oxygen atoms in total. The first-order chi connectivity index (χ1) is 13.6. The molecule has 0 aromatic rings. The molecule has 0 aliphatic heterocycles. The molecule has 0 saturated heterocycles. The van der Waals surface area contributed by atoms with Crippen LogP contribution < -0.4 is 27.4 Å². The van der Waals surface area contributed by atoms with E-state index in [9.17, 15) is 24.0 Å². The third kappa shape index (κ3) is 12.2. The predicted octanol–water partition coefficient (Wildman–Crippen LogP) is -2.13. The molecule has 3 unspecified atom stereocenters. The number of primary amides is 1. The molecular formula is C16H29N5O6S2. The number of carbonyl (C=O) groups excluding carboxylic acids is 4. The van der Waals surface area contributed by atoms with Gasteiger partial charge in [0.15, 0.2) is 0 Å². The number of nitrogens with two attached hydrogens (primary N) is 2. The second-order valence-electron chi connectivity index (χ2n) is 6.07. The molecule has 0 radical (unpaired) electrons. The van der Waals surface area contributed by atoms with E-state index in [0.717, 1.165) is 0 Å². The van der Waals surface area contributed by atoms with Crippen molar-refractivity contribution in [3.05, 3.63) is 0 Å². The van der Waals surface area contributed by atoms with E-state index in [0.29, 0.717) is 11.5 Å². The number of nitrogens with one attached hydrogen (secondary N) is 3. The molecule has 0 aliphatic carbocycles. The molecule has 0 aromatic carbocycles. The molecule has 0 bridgehead atoms. The molecule has 0 heterocycles. The van der Waals surface area contributed by atoms with Crippen molar-refractivity contribution in [3.8, 4) is 0 Å². The van der Waals surface area contributed by atoms with Crippen LogP contribution in [0.3, 0.4) is 0 Å². The van der Waals surface area contributed by atoms with Crippen molar-refractivity contribution >= 4 is 53.1 Å². The van der Waals surface area contributed by atoms with Crippen LogP contribution in [-0.4, -0.2) is 83.4 Å². The van der Waals surface area contributed by atoms with Crippen molar-refractivity contribution in [2.24, 2.45) is 11.5 Å². The van der Waals surface area contributed by atoms with Gasteiger partial charge in [-0.1, -0.05) is 0 Å². The van der Waals surface area contributed by atoms with Crippen molar-refractivity contribution < 1.29 is 29.1 Å². The molecule has 166 valence electrons. The van der Waals surface area contributed by atoms with Gasteiger partial charge in [-0.15, -0.1) is 0 Å². The summed E-state index contributed by atoms with van der Waals surface area (Å²) in [6.45, 7) is -0.570. The van der Waals surface area contributed by atoms with Gasteiger partial charge in [-0.3, -0.25) is 24.0 Å². The Morgan fingerprint density at radius 3 is 1.83 bits per heavy atom. The van der Waals surface area contributed by atoms with Crippen LogP contribution in [-0.2, 0) is 24.0 Å². The first kappa shape index (κ1) is 27.0. The third-order valence-electron chi connectivity index (χ3n) is 3.66. The molecule has 13 heteroatoms. The van der Waals surface area contributed by atoms with Gasteiger partial charge in [0, 0.05) is 0 Å². The van der Waals surface area contributed by atoms with Crippen LogP contribution in [0.1, 0.15) is 19.3 Å². The predicted molar refractivity (Wildman–Crippen MR) is 112 cm³/mol. The second-order valence-corrected chi connectivity index (χ2v) is 8.04. The third-order valence-corrected chi connectivity index (χ3v) is 4.95. The van der Waals surface area contributed by atoms with Gasteiger partial charge in [0.2, 0.25) is 23.6 Å². The van der Waals surface area contributed by atoms with Gasteiger partial charge in [-0.2, -0.15) is 23.5 Å². The van der Waals surface area contributed by atoms with Gasteiger partial charge < -0.3 is 32.5 Å². The van der Waals surface area contributed by atoms with E-state index >= 15 is 0 Å². The highest BCUT2D eigenvalue weighted by molar-refractivity contribution is 7.98. The van der Waals surface area contributed by atoms with Crippen LogP contribution in [0.4, 0.5) is 0 Å². The Balaban J connectivity index is 5.14. The fraction of sp³-hybridized carbons (Fsp3) is 0.688. The SMILES string of the molecule is CSCCC(NC(=O)C(N)CC(N)=O)C(=O)NC(CCSC)C(=O)NCC(=O)O. The summed E-state index contributed by atoms with van der Waals surface area (Å²) in [7, 11) is 0. The maximum Gasteiger partial charge on any atom is 0.322 e. The zero-order valence-corrected chi connectivity index (χ0v) is 18.1. The highest BCUT2D eigenvalue weighted by atomic mass is 32.2. The summed E-state index contributed by atoms with van der Waals surface area (Å²) in [5.41, 5.74) is 10.6. The Labute approximate surface area is 177 Å². The van der Waals surface area contributed by atoms with Crippen LogP contribution in [0.5, 0.6) is 0 Å². The molecule has 4 amide bonds. The van der Waals surface area contributed by atoms with Gasteiger partial charge in [-0.25, -0.2) is 0 Å². The lowest BCUT2D eigenvalue weighted by molar-refractivity contribution is -0.138. The van der Waals surface area contributed by atoms with Crippen molar-refractivity contribution in [2.45, 2.75) is 37.4 Å². The summed E-state index contributed by atoms with van der Waals surface area (Å²) in [6.07, 6.45) is 3.85. The summed E-state index contributed by atoms with van der Waals surface area (Å²) in [5, 5.41) is 16.0. The summed E-state index contributed by atoms with van der Waals surface area (Å²) < 4.78 is 0. The first-order valence-electron chi connectivity index (χ1n) is 8.74. The molecule has 0 aromatic heterocycles. The summed E-state index contributed by atoms with van der Waals surface area (Å²) in [6, 6.07) is -3.12. The van der Waals surface area contributed by atoms with Gasteiger partial charge in [-0.05, 0) is 36.9 Å². The lowest BCUT2D eigenvalue weighted by atomic mass is 10.1. The Morgan fingerprint density at radius 2 is 1.38 bits per heavy atom. The number of carbonyl (C=O) groups is 5. The smallest absolute Gasteiger partial charge is 0.322 e. The molecule has 0 aliphatic rings. The zero-order chi connectivity index (χ0) is 22.4. The quantitative estimate of drug-likeness (QED) is 0.161. The summed E-state index contributed by atoms with van der Waals surface area (Å²) in [4.78, 5) is 58.6. The number of hydrogen-bond acceptors (Lipinski definition) is 8. The van der Waals surface area contributed by atoms with Gasteiger partial charge in [0.25, 0.3) is 0 Å². The fourth-order valence-electron chi connectivity index (χ4n) is 2.16. The van der Waals surface area contributed by atoms with Crippen molar-refractivity contribution in [2.75, 3.05) is 30.6 Å². The van der Waals surface area contributed by atoms with Gasteiger partial charge in [0.1, 0.15) is 18.6 Å². The molecule has 3 atom stereocenters. The van der Waals surface area contributed by atoms with Crippen LogP contribution in [0.2, 0.25) is 0 Å². The minimum absolute atomic E-state index is 0.272. The highest BCUT2D eigenvalue weighted by Gasteiger charge is 2.28. The van der Waals surface area contributed by atoms with Crippen LogP contribution in [0.25, 0.3) is 0 Å². The van der Waals surface area contributed by atoms with E-state index in [1.165, 1.54) is 23.5 Å². The number of carboxylic acids is 1. The Morgan fingerprint density at radius 1 is 0.897 bits per heavy atom. The minimum atomic E-state index is -1.21. The van der Waals surface area contributed by atoms with E-state index in [4.69, 9.17) is 16.6 Å².